The number of nitrogens with zero attached hydrogens (tertiary/aromatic N) is 1. The fourth-order valence-electron chi connectivity index (χ4n) is 2.02. The first-order valence-corrected chi connectivity index (χ1v) is 7.21. The molecule has 1 atom stereocenters. The molecule has 1 heterocycles. The van der Waals surface area contributed by atoms with Crippen molar-refractivity contribution in [1.82, 2.24) is 10.2 Å². The normalized spacial score (nSPS) is 25.6. The van der Waals surface area contributed by atoms with Gasteiger partial charge in [0.15, 0.2) is 0 Å². The standard InChI is InChI=1S/C11H18N2O2S/c1-16-6-2-5-12-9-7-10(14)13(11(9)15)8-3-4-8/h8-9,12H,2-7H2,1H3. The molecule has 2 rings (SSSR count). The number of hydrogen-bond donors (Lipinski definition) is 1. The number of thioether (sulfide) groups is 1. The van der Waals surface area contributed by atoms with E-state index in [4.69, 9.17) is 0 Å². The third kappa shape index (κ3) is 2.58. The van der Waals surface area contributed by atoms with E-state index in [1.165, 1.54) is 4.90 Å². The van der Waals surface area contributed by atoms with E-state index in [2.05, 4.69) is 11.6 Å². The first-order chi connectivity index (χ1) is 7.74. The largest absolute Gasteiger partial charge is 0.305 e. The van der Waals surface area contributed by atoms with Crippen molar-refractivity contribution in [2.45, 2.75) is 37.8 Å². The van der Waals surface area contributed by atoms with E-state index < -0.39 is 0 Å². The lowest BCUT2D eigenvalue weighted by Crippen LogP contribution is -2.40. The monoisotopic (exact) mass is 242 g/mol. The van der Waals surface area contributed by atoms with Gasteiger partial charge in [-0.25, -0.2) is 0 Å². The fourth-order valence-corrected chi connectivity index (χ4v) is 2.45. The molecule has 1 aliphatic heterocycles. The second-order valence-corrected chi connectivity index (χ2v) is 5.38. The summed E-state index contributed by atoms with van der Waals surface area (Å²) in [4.78, 5) is 25.0. The maximum Gasteiger partial charge on any atom is 0.247 e. The molecule has 0 radical (unpaired) electrons. The molecule has 2 fully saturated rings. The Hall–Kier alpha value is -0.550. The molecule has 0 aromatic rings. The summed E-state index contributed by atoms with van der Waals surface area (Å²) in [6.07, 6.45) is 5.46. The first-order valence-electron chi connectivity index (χ1n) is 5.82. The molecule has 0 aromatic heterocycles. The molecule has 5 heteroatoms. The van der Waals surface area contributed by atoms with Gasteiger partial charge in [-0.1, -0.05) is 0 Å². The van der Waals surface area contributed by atoms with Crippen LogP contribution >= 0.6 is 11.8 Å². The van der Waals surface area contributed by atoms with Crippen LogP contribution < -0.4 is 5.32 Å². The Morgan fingerprint density at radius 3 is 2.81 bits per heavy atom. The highest BCUT2D eigenvalue weighted by Crippen LogP contribution is 2.31. The van der Waals surface area contributed by atoms with Gasteiger partial charge in [-0.3, -0.25) is 14.5 Å². The highest BCUT2D eigenvalue weighted by atomic mass is 32.2. The van der Waals surface area contributed by atoms with Gasteiger partial charge in [0.1, 0.15) is 0 Å². The summed E-state index contributed by atoms with van der Waals surface area (Å²) in [5.74, 6) is 1.10. The van der Waals surface area contributed by atoms with Crippen molar-refractivity contribution in [3.8, 4) is 0 Å². The molecular formula is C11H18N2O2S. The summed E-state index contributed by atoms with van der Waals surface area (Å²) in [6, 6.07) is -0.0343. The maximum absolute atomic E-state index is 11.9. The van der Waals surface area contributed by atoms with E-state index >= 15 is 0 Å². The topological polar surface area (TPSA) is 49.4 Å². The number of carbonyl (C=O) groups excluding carboxylic acids is 2. The van der Waals surface area contributed by atoms with Crippen LogP contribution in [-0.2, 0) is 9.59 Å². The number of hydrogen-bond acceptors (Lipinski definition) is 4. The minimum Gasteiger partial charge on any atom is -0.305 e. The minimum atomic E-state index is -0.255. The molecule has 0 bridgehead atoms. The van der Waals surface area contributed by atoms with Crippen LogP contribution in [0.5, 0.6) is 0 Å². The Bertz CT molecular complexity index is 292. The molecule has 1 saturated heterocycles. The van der Waals surface area contributed by atoms with E-state index in [1.54, 1.807) is 11.8 Å². The van der Waals surface area contributed by atoms with E-state index in [0.29, 0.717) is 6.42 Å². The van der Waals surface area contributed by atoms with Crippen molar-refractivity contribution in [3.05, 3.63) is 0 Å². The van der Waals surface area contributed by atoms with Crippen LogP contribution in [0.15, 0.2) is 0 Å². The molecule has 0 aromatic carbocycles. The van der Waals surface area contributed by atoms with E-state index in [9.17, 15) is 9.59 Å². The van der Waals surface area contributed by atoms with Gasteiger partial charge in [0.05, 0.1) is 12.5 Å². The second-order valence-electron chi connectivity index (χ2n) is 4.39. The molecule has 1 saturated carbocycles. The van der Waals surface area contributed by atoms with Crippen molar-refractivity contribution in [2.24, 2.45) is 0 Å². The van der Waals surface area contributed by atoms with Crippen molar-refractivity contribution in [3.63, 3.8) is 0 Å². The lowest BCUT2D eigenvalue weighted by Gasteiger charge is -2.14. The average Bonchev–Trinajstić information content (AvgIpc) is 3.03. The summed E-state index contributed by atoms with van der Waals surface area (Å²) >= 11 is 1.80. The molecule has 2 amide bonds. The van der Waals surface area contributed by atoms with Crippen molar-refractivity contribution >= 4 is 23.6 Å². The van der Waals surface area contributed by atoms with Gasteiger partial charge in [0.2, 0.25) is 11.8 Å². The number of imide groups is 1. The van der Waals surface area contributed by atoms with E-state index in [0.717, 1.165) is 31.6 Å². The Balaban J connectivity index is 1.78. The van der Waals surface area contributed by atoms with Gasteiger partial charge in [0.25, 0.3) is 0 Å². The van der Waals surface area contributed by atoms with Crippen LogP contribution in [0.4, 0.5) is 0 Å². The summed E-state index contributed by atoms with van der Waals surface area (Å²) < 4.78 is 0. The third-order valence-corrected chi connectivity index (χ3v) is 3.71. The van der Waals surface area contributed by atoms with Crippen LogP contribution in [-0.4, -0.2) is 47.4 Å². The van der Waals surface area contributed by atoms with Gasteiger partial charge in [-0.2, -0.15) is 11.8 Å². The smallest absolute Gasteiger partial charge is 0.247 e. The molecule has 1 unspecified atom stereocenters. The highest BCUT2D eigenvalue weighted by Gasteiger charge is 2.45. The summed E-state index contributed by atoms with van der Waals surface area (Å²) in [6.45, 7) is 0.822. The molecule has 1 N–H and O–H groups in total. The lowest BCUT2D eigenvalue weighted by molar-refractivity contribution is -0.139. The minimum absolute atomic E-state index is 0.00310. The quantitative estimate of drug-likeness (QED) is 0.548. The van der Waals surface area contributed by atoms with Crippen LogP contribution in [0.2, 0.25) is 0 Å². The Morgan fingerprint density at radius 1 is 1.44 bits per heavy atom. The average molecular weight is 242 g/mol. The highest BCUT2D eigenvalue weighted by molar-refractivity contribution is 7.98. The maximum atomic E-state index is 11.9. The number of likely N-dealkylation sites (tertiary alicyclic amines) is 1. The number of carbonyl (C=O) groups is 2. The predicted octanol–water partition coefficient (Wildman–Crippen LogP) is 0.619. The molecule has 16 heavy (non-hydrogen) atoms. The van der Waals surface area contributed by atoms with Gasteiger partial charge >= 0.3 is 0 Å². The van der Waals surface area contributed by atoms with Crippen LogP contribution in [0.1, 0.15) is 25.7 Å². The zero-order chi connectivity index (χ0) is 11.5. The molecule has 4 nitrogen and oxygen atoms in total. The second kappa shape index (κ2) is 5.19. The SMILES string of the molecule is CSCCCNC1CC(=O)N(C2CC2)C1=O. The van der Waals surface area contributed by atoms with Gasteiger partial charge in [0, 0.05) is 6.04 Å². The number of nitrogens with one attached hydrogen (secondary N) is 1. The Morgan fingerprint density at radius 2 is 2.19 bits per heavy atom. The summed E-state index contributed by atoms with van der Waals surface area (Å²) in [5, 5.41) is 3.18. The van der Waals surface area contributed by atoms with Crippen LogP contribution in [0.3, 0.4) is 0 Å². The molecule has 2 aliphatic rings. The van der Waals surface area contributed by atoms with Crippen LogP contribution in [0.25, 0.3) is 0 Å². The van der Waals surface area contributed by atoms with Crippen molar-refractivity contribution in [1.29, 1.82) is 0 Å². The summed E-state index contributed by atoms with van der Waals surface area (Å²) in [7, 11) is 0. The zero-order valence-electron chi connectivity index (χ0n) is 9.57. The lowest BCUT2D eigenvalue weighted by atomic mass is 10.2. The molecule has 90 valence electrons. The van der Waals surface area contributed by atoms with E-state index in [1.807, 2.05) is 0 Å². The fraction of sp³-hybridized carbons (Fsp3) is 0.818. The Kier molecular flexibility index (Phi) is 3.86. The predicted molar refractivity (Wildman–Crippen MR) is 64.3 cm³/mol. The summed E-state index contributed by atoms with van der Waals surface area (Å²) in [5.41, 5.74) is 0. The van der Waals surface area contributed by atoms with Gasteiger partial charge in [-0.15, -0.1) is 0 Å². The Labute approximate surface area is 100 Å². The number of rotatable bonds is 6. The first kappa shape index (κ1) is 11.9. The van der Waals surface area contributed by atoms with Gasteiger partial charge in [-0.05, 0) is 37.8 Å². The molecule has 1 aliphatic carbocycles. The van der Waals surface area contributed by atoms with Gasteiger partial charge < -0.3 is 5.32 Å². The van der Waals surface area contributed by atoms with Crippen molar-refractivity contribution in [2.75, 3.05) is 18.6 Å². The molecular weight excluding hydrogens is 224 g/mol. The van der Waals surface area contributed by atoms with E-state index in [-0.39, 0.29) is 23.9 Å². The third-order valence-electron chi connectivity index (χ3n) is 3.01. The van der Waals surface area contributed by atoms with Crippen molar-refractivity contribution < 1.29 is 9.59 Å². The molecule has 0 spiro atoms. The number of amides is 2. The zero-order valence-corrected chi connectivity index (χ0v) is 10.4. The van der Waals surface area contributed by atoms with Crippen LogP contribution in [0, 0.1) is 0 Å².